The second-order valence-corrected chi connectivity index (χ2v) is 6.90. The SMILES string of the molecule is CC.COc1c(F)c(F)c2c(F)c(F)c(F)c(F)c2c1-c1c(O)c(F)c(F)c2c(F)c(F)c(F)c(F)c12. The molecule has 0 saturated carbocycles. The van der Waals surface area contributed by atoms with E-state index in [9.17, 15) is 57.8 Å². The van der Waals surface area contributed by atoms with Gasteiger partial charge in [-0.25, -0.2) is 43.9 Å². The van der Waals surface area contributed by atoms with Gasteiger partial charge < -0.3 is 9.84 Å². The minimum Gasteiger partial charge on any atom is -0.504 e. The smallest absolute Gasteiger partial charge is 0.202 e. The second kappa shape index (κ2) is 9.56. The standard InChI is InChI=1S/C21H4F12O2.C2H6/c1-35-21-5(3-7(13(27)19(21)33)11(25)17(31)15(29)9(3)23)4-2-6(12(26)18(32)20(4)34)10(24)16(30)14(28)8(2)22;1-2/h34H,1H3;1-2H3. The Hall–Kier alpha value is -3.84. The molecular weight excluding hydrogens is 536 g/mol. The zero-order chi connectivity index (χ0) is 28.3. The van der Waals surface area contributed by atoms with Crippen LogP contribution in [0.5, 0.6) is 11.5 Å². The van der Waals surface area contributed by atoms with Gasteiger partial charge >= 0.3 is 0 Å². The van der Waals surface area contributed by atoms with E-state index in [0.717, 1.165) is 0 Å². The Bertz CT molecular complexity index is 1610. The van der Waals surface area contributed by atoms with E-state index in [4.69, 9.17) is 0 Å². The minimum absolute atomic E-state index is 0.498. The van der Waals surface area contributed by atoms with Crippen LogP contribution in [0.15, 0.2) is 0 Å². The third kappa shape index (κ3) is 3.60. The van der Waals surface area contributed by atoms with Gasteiger partial charge in [0.25, 0.3) is 0 Å². The molecule has 0 spiro atoms. The van der Waals surface area contributed by atoms with Crippen LogP contribution in [0.25, 0.3) is 32.7 Å². The summed E-state index contributed by atoms with van der Waals surface area (Å²) in [6.45, 7) is 4.00. The van der Waals surface area contributed by atoms with Gasteiger partial charge in [-0.2, -0.15) is 8.78 Å². The summed E-state index contributed by atoms with van der Waals surface area (Å²) < 4.78 is 176. The third-order valence-corrected chi connectivity index (χ3v) is 5.18. The van der Waals surface area contributed by atoms with Crippen LogP contribution in [-0.2, 0) is 0 Å². The Kier molecular flexibility index (Phi) is 7.17. The zero-order valence-corrected chi connectivity index (χ0v) is 18.4. The molecule has 0 bridgehead atoms. The van der Waals surface area contributed by atoms with Crippen LogP contribution < -0.4 is 4.74 Å². The van der Waals surface area contributed by atoms with Gasteiger partial charge in [-0.05, 0) is 0 Å². The summed E-state index contributed by atoms with van der Waals surface area (Å²) in [5, 5.41) is 2.29. The maximum absolute atomic E-state index is 14.8. The quantitative estimate of drug-likeness (QED) is 0.157. The molecule has 37 heavy (non-hydrogen) atoms. The molecule has 0 saturated heterocycles. The van der Waals surface area contributed by atoms with E-state index >= 15 is 0 Å². The largest absolute Gasteiger partial charge is 0.504 e. The molecule has 0 radical (unpaired) electrons. The number of halogens is 12. The van der Waals surface area contributed by atoms with Crippen LogP contribution >= 0.6 is 0 Å². The summed E-state index contributed by atoms with van der Waals surface area (Å²) in [4.78, 5) is 0. The van der Waals surface area contributed by atoms with E-state index < -0.39 is 114 Å². The van der Waals surface area contributed by atoms with Crippen molar-refractivity contribution in [2.75, 3.05) is 7.11 Å². The maximum Gasteiger partial charge on any atom is 0.202 e. The van der Waals surface area contributed by atoms with Crippen molar-refractivity contribution in [1.29, 1.82) is 0 Å². The topological polar surface area (TPSA) is 29.5 Å². The lowest BCUT2D eigenvalue weighted by Crippen LogP contribution is -2.08. The number of hydrogen-bond acceptors (Lipinski definition) is 2. The van der Waals surface area contributed by atoms with Gasteiger partial charge in [0.1, 0.15) is 0 Å². The van der Waals surface area contributed by atoms with Crippen molar-refractivity contribution < 1.29 is 62.5 Å². The monoisotopic (exact) mass is 546 g/mol. The number of hydrogen-bond donors (Lipinski definition) is 1. The van der Waals surface area contributed by atoms with Crippen LogP contribution in [-0.4, -0.2) is 12.2 Å². The molecule has 0 fully saturated rings. The number of fused-ring (bicyclic) bond motifs is 2. The molecule has 0 aliphatic heterocycles. The van der Waals surface area contributed by atoms with Crippen LogP contribution in [0.4, 0.5) is 52.7 Å². The van der Waals surface area contributed by atoms with Gasteiger partial charge in [0.15, 0.2) is 69.7 Å². The number of ether oxygens (including phenoxy) is 1. The number of phenolic OH excluding ortho intramolecular Hbond substituents is 1. The van der Waals surface area contributed by atoms with Crippen LogP contribution in [0.3, 0.4) is 0 Å². The van der Waals surface area contributed by atoms with Crippen molar-refractivity contribution in [3.8, 4) is 22.6 Å². The van der Waals surface area contributed by atoms with Gasteiger partial charge in [-0.15, -0.1) is 0 Å². The van der Waals surface area contributed by atoms with Gasteiger partial charge in [0, 0.05) is 21.9 Å². The summed E-state index contributed by atoms with van der Waals surface area (Å²) >= 11 is 0. The Labute approximate surface area is 198 Å². The van der Waals surface area contributed by atoms with Crippen LogP contribution in [0.2, 0.25) is 0 Å². The molecule has 2 nitrogen and oxygen atoms in total. The molecule has 0 amide bonds. The predicted molar refractivity (Wildman–Crippen MR) is 106 cm³/mol. The van der Waals surface area contributed by atoms with Crippen molar-refractivity contribution in [3.05, 3.63) is 69.8 Å². The van der Waals surface area contributed by atoms with Gasteiger partial charge in [0.2, 0.25) is 11.6 Å². The molecule has 0 atom stereocenters. The number of aromatic hydroxyl groups is 1. The molecule has 198 valence electrons. The number of benzene rings is 4. The average molecular weight is 546 g/mol. The van der Waals surface area contributed by atoms with Crippen molar-refractivity contribution in [2.24, 2.45) is 0 Å². The van der Waals surface area contributed by atoms with Crippen LogP contribution in [0.1, 0.15) is 13.8 Å². The number of methoxy groups -OCH3 is 1. The summed E-state index contributed by atoms with van der Waals surface area (Å²) in [7, 11) is 0.498. The summed E-state index contributed by atoms with van der Waals surface area (Å²) in [6.07, 6.45) is 0. The lowest BCUT2D eigenvalue weighted by Gasteiger charge is -2.20. The van der Waals surface area contributed by atoms with E-state index in [0.29, 0.717) is 7.11 Å². The maximum atomic E-state index is 14.8. The summed E-state index contributed by atoms with van der Waals surface area (Å²) in [5.41, 5.74) is -3.55. The van der Waals surface area contributed by atoms with Crippen molar-refractivity contribution in [1.82, 2.24) is 0 Å². The lowest BCUT2D eigenvalue weighted by atomic mass is 9.90. The minimum atomic E-state index is -2.68. The molecule has 1 N–H and O–H groups in total. The molecule has 0 aliphatic carbocycles. The zero-order valence-electron chi connectivity index (χ0n) is 18.4. The number of rotatable bonds is 2. The molecular formula is C23H10F12O2. The Morgan fingerprint density at radius 3 is 1.08 bits per heavy atom. The average Bonchev–Trinajstić information content (AvgIpc) is 2.89. The highest BCUT2D eigenvalue weighted by Crippen LogP contribution is 2.51. The fourth-order valence-electron chi connectivity index (χ4n) is 3.69. The highest BCUT2D eigenvalue weighted by Gasteiger charge is 2.37. The number of phenols is 1. The second-order valence-electron chi connectivity index (χ2n) is 6.90. The highest BCUT2D eigenvalue weighted by atomic mass is 19.2. The van der Waals surface area contributed by atoms with E-state index in [1.807, 2.05) is 13.8 Å². The molecule has 0 heterocycles. The van der Waals surface area contributed by atoms with Crippen molar-refractivity contribution in [2.45, 2.75) is 13.8 Å². The van der Waals surface area contributed by atoms with Crippen molar-refractivity contribution in [3.63, 3.8) is 0 Å². The Morgan fingerprint density at radius 1 is 0.405 bits per heavy atom. The first kappa shape index (κ1) is 27.7. The summed E-state index contributed by atoms with van der Waals surface area (Å²) in [5.74, 6) is -34.5. The fourth-order valence-corrected chi connectivity index (χ4v) is 3.69. The molecule has 4 rings (SSSR count). The molecule has 4 aromatic rings. The third-order valence-electron chi connectivity index (χ3n) is 5.18. The molecule has 4 aromatic carbocycles. The first-order chi connectivity index (χ1) is 17.3. The molecule has 0 aliphatic rings. The molecule has 14 heteroatoms. The van der Waals surface area contributed by atoms with Gasteiger partial charge in [-0.3, -0.25) is 0 Å². The normalized spacial score (nSPS) is 11.2. The van der Waals surface area contributed by atoms with E-state index in [1.165, 1.54) is 0 Å². The first-order valence-corrected chi connectivity index (χ1v) is 9.85. The lowest BCUT2D eigenvalue weighted by molar-refractivity contribution is 0.372. The Balaban J connectivity index is 0.00000186. The van der Waals surface area contributed by atoms with E-state index in [2.05, 4.69) is 4.74 Å². The van der Waals surface area contributed by atoms with Crippen molar-refractivity contribution >= 4 is 21.5 Å². The summed E-state index contributed by atoms with van der Waals surface area (Å²) in [6, 6.07) is 0. The van der Waals surface area contributed by atoms with E-state index in [-0.39, 0.29) is 0 Å². The molecule has 0 aromatic heterocycles. The molecule has 0 unspecified atom stereocenters. The highest BCUT2D eigenvalue weighted by molar-refractivity contribution is 6.11. The Morgan fingerprint density at radius 2 is 0.703 bits per heavy atom. The van der Waals surface area contributed by atoms with Gasteiger partial charge in [0.05, 0.1) is 17.9 Å². The van der Waals surface area contributed by atoms with Crippen LogP contribution in [0, 0.1) is 69.8 Å². The first-order valence-electron chi connectivity index (χ1n) is 9.85. The van der Waals surface area contributed by atoms with E-state index in [1.54, 1.807) is 0 Å². The predicted octanol–water partition coefficient (Wildman–Crippen LogP) is 8.07. The fraction of sp³-hybridized carbons (Fsp3) is 0.130. The van der Waals surface area contributed by atoms with Gasteiger partial charge in [-0.1, -0.05) is 13.8 Å².